The summed E-state index contributed by atoms with van der Waals surface area (Å²) >= 11 is 5.53. The largest absolute Gasteiger partial charge is 0.377 e. The van der Waals surface area contributed by atoms with Crippen LogP contribution in [0.2, 0.25) is 0 Å². The fourth-order valence-corrected chi connectivity index (χ4v) is 3.04. The van der Waals surface area contributed by atoms with E-state index in [1.807, 2.05) is 0 Å². The molecule has 3 heteroatoms. The lowest BCUT2D eigenvalue weighted by molar-refractivity contribution is 0.127. The monoisotopic (exact) mass is 252 g/mol. The molecule has 0 saturated carbocycles. The number of hydrogen-bond acceptors (Lipinski definition) is 2. The van der Waals surface area contributed by atoms with Crippen LogP contribution in [0.25, 0.3) is 0 Å². The van der Waals surface area contributed by atoms with Gasteiger partial charge < -0.3 is 4.74 Å². The van der Waals surface area contributed by atoms with Gasteiger partial charge in [-0.15, -0.1) is 0 Å². The maximum Gasteiger partial charge on any atom is 0.0666 e. The Morgan fingerprint density at radius 1 is 1.50 bits per heavy atom. The third-order valence-electron chi connectivity index (χ3n) is 2.17. The first-order valence-corrected chi connectivity index (χ1v) is 6.81. The Morgan fingerprint density at radius 3 is 2.92 bits per heavy atom. The molecule has 0 radical (unpaired) electrons. The summed E-state index contributed by atoms with van der Waals surface area (Å²) in [6, 6.07) is 0. The van der Waals surface area contributed by atoms with E-state index in [9.17, 15) is 0 Å². The van der Waals surface area contributed by atoms with Crippen molar-refractivity contribution in [3.05, 3.63) is 0 Å². The van der Waals surface area contributed by atoms with Crippen molar-refractivity contribution < 1.29 is 4.74 Å². The maximum absolute atomic E-state index is 5.49. The fourth-order valence-electron chi connectivity index (χ4n) is 1.36. The number of alkyl halides is 1. The van der Waals surface area contributed by atoms with E-state index in [4.69, 9.17) is 4.74 Å². The smallest absolute Gasteiger partial charge is 0.0666 e. The van der Waals surface area contributed by atoms with Gasteiger partial charge in [-0.3, -0.25) is 0 Å². The van der Waals surface area contributed by atoms with Crippen molar-refractivity contribution >= 4 is 27.7 Å². The van der Waals surface area contributed by atoms with Crippen molar-refractivity contribution in [1.29, 1.82) is 0 Å². The molecule has 0 bridgehead atoms. The zero-order valence-corrected chi connectivity index (χ0v) is 9.99. The Hall–Kier alpha value is 0.790. The molecule has 0 aliphatic carbocycles. The van der Waals surface area contributed by atoms with Gasteiger partial charge in [0.05, 0.1) is 6.10 Å². The van der Waals surface area contributed by atoms with Gasteiger partial charge in [0.25, 0.3) is 0 Å². The van der Waals surface area contributed by atoms with E-state index in [2.05, 4.69) is 34.6 Å². The summed E-state index contributed by atoms with van der Waals surface area (Å²) < 4.78 is 5.49. The van der Waals surface area contributed by atoms with E-state index in [1.165, 1.54) is 25.0 Å². The molecule has 0 aromatic heterocycles. The predicted molar refractivity (Wildman–Crippen MR) is 59.3 cm³/mol. The molecule has 1 aliphatic heterocycles. The number of rotatable bonds is 5. The van der Waals surface area contributed by atoms with Crippen LogP contribution < -0.4 is 0 Å². The summed E-state index contributed by atoms with van der Waals surface area (Å²) in [4.78, 5) is 0. The van der Waals surface area contributed by atoms with Crippen LogP contribution in [-0.4, -0.2) is 29.0 Å². The highest BCUT2D eigenvalue weighted by Crippen LogP contribution is 2.26. The molecule has 1 rings (SSSR count). The number of thioether (sulfide) groups is 1. The minimum atomic E-state index is 0.485. The van der Waals surface area contributed by atoms with Crippen LogP contribution in [0, 0.1) is 0 Å². The molecule has 72 valence electrons. The van der Waals surface area contributed by atoms with Crippen LogP contribution in [0.3, 0.4) is 0 Å². The Morgan fingerprint density at radius 2 is 2.33 bits per heavy atom. The van der Waals surface area contributed by atoms with E-state index >= 15 is 0 Å². The molecular formula is C9H17BrOS. The zero-order valence-electron chi connectivity index (χ0n) is 7.59. The second-order valence-corrected chi connectivity index (χ2v) is 5.31. The van der Waals surface area contributed by atoms with Gasteiger partial charge in [-0.25, -0.2) is 0 Å². The van der Waals surface area contributed by atoms with E-state index in [1.54, 1.807) is 0 Å². The third kappa shape index (κ3) is 3.67. The first-order valence-electron chi connectivity index (χ1n) is 4.63. The van der Waals surface area contributed by atoms with Crippen LogP contribution in [0.15, 0.2) is 0 Å². The van der Waals surface area contributed by atoms with Crippen LogP contribution in [0.5, 0.6) is 0 Å². The summed E-state index contributed by atoms with van der Waals surface area (Å²) in [5.41, 5.74) is 0. The van der Waals surface area contributed by atoms with Crippen LogP contribution in [-0.2, 0) is 4.74 Å². The molecule has 2 atom stereocenters. The molecular weight excluding hydrogens is 236 g/mol. The molecule has 1 fully saturated rings. The van der Waals surface area contributed by atoms with Gasteiger partial charge in [0, 0.05) is 17.2 Å². The maximum atomic E-state index is 5.49. The molecule has 0 amide bonds. The van der Waals surface area contributed by atoms with Crippen molar-refractivity contribution in [2.75, 3.05) is 17.7 Å². The lowest BCUT2D eigenvalue weighted by Gasteiger charge is -2.12. The molecule has 12 heavy (non-hydrogen) atoms. The molecule has 1 nitrogen and oxygen atoms in total. The second-order valence-electron chi connectivity index (χ2n) is 3.17. The predicted octanol–water partition coefficient (Wildman–Crippen LogP) is 3.07. The van der Waals surface area contributed by atoms with E-state index < -0.39 is 0 Å². The first kappa shape index (κ1) is 10.9. The first-order chi connectivity index (χ1) is 5.84. The average molecular weight is 253 g/mol. The van der Waals surface area contributed by atoms with E-state index in [0.717, 1.165) is 17.2 Å². The standard InChI is InChI=1S/C9H17BrOS/c1-8-9(4-6-11-8)12-7-3-2-5-10/h8-9H,2-7H2,1H3. The van der Waals surface area contributed by atoms with Gasteiger partial charge in [-0.2, -0.15) is 11.8 Å². The average Bonchev–Trinajstić information content (AvgIpc) is 2.46. The highest BCUT2D eigenvalue weighted by molar-refractivity contribution is 9.09. The number of halogens is 1. The summed E-state index contributed by atoms with van der Waals surface area (Å²) in [5.74, 6) is 1.30. The van der Waals surface area contributed by atoms with Crippen LogP contribution in [0.1, 0.15) is 26.2 Å². The minimum absolute atomic E-state index is 0.485. The molecule has 0 N–H and O–H groups in total. The van der Waals surface area contributed by atoms with Crippen LogP contribution in [0.4, 0.5) is 0 Å². The highest BCUT2D eigenvalue weighted by Gasteiger charge is 2.23. The topological polar surface area (TPSA) is 9.23 Å². The number of ether oxygens (including phenoxy) is 1. The molecule has 0 aromatic carbocycles. The third-order valence-corrected chi connectivity index (χ3v) is 4.30. The van der Waals surface area contributed by atoms with Crippen LogP contribution >= 0.6 is 27.7 Å². The minimum Gasteiger partial charge on any atom is -0.377 e. The molecule has 1 saturated heterocycles. The lowest BCUT2D eigenvalue weighted by Crippen LogP contribution is -2.13. The van der Waals surface area contributed by atoms with Crippen molar-refractivity contribution in [2.45, 2.75) is 37.5 Å². The molecule has 0 aromatic rings. The summed E-state index contributed by atoms with van der Waals surface area (Å²) in [7, 11) is 0. The number of hydrogen-bond donors (Lipinski definition) is 0. The summed E-state index contributed by atoms with van der Waals surface area (Å²) in [6.45, 7) is 3.16. The highest BCUT2D eigenvalue weighted by atomic mass is 79.9. The van der Waals surface area contributed by atoms with Gasteiger partial charge in [0.1, 0.15) is 0 Å². The fraction of sp³-hybridized carbons (Fsp3) is 1.00. The van der Waals surface area contributed by atoms with Gasteiger partial charge in [-0.05, 0) is 31.9 Å². The molecule has 1 heterocycles. The van der Waals surface area contributed by atoms with Gasteiger partial charge in [0.15, 0.2) is 0 Å². The van der Waals surface area contributed by atoms with Gasteiger partial charge in [-0.1, -0.05) is 15.9 Å². The molecule has 2 unspecified atom stereocenters. The zero-order chi connectivity index (χ0) is 8.81. The summed E-state index contributed by atoms with van der Waals surface area (Å²) in [5, 5.41) is 1.91. The molecule has 0 spiro atoms. The van der Waals surface area contributed by atoms with Crippen molar-refractivity contribution in [3.8, 4) is 0 Å². The SMILES string of the molecule is CC1OCCC1SCCCCBr. The second kappa shape index (κ2) is 6.28. The number of unbranched alkanes of at least 4 members (excludes halogenated alkanes) is 1. The Labute approximate surface area is 87.8 Å². The Bertz CT molecular complexity index is 121. The van der Waals surface area contributed by atoms with Crippen molar-refractivity contribution in [1.82, 2.24) is 0 Å². The molecule has 1 aliphatic rings. The Balaban J connectivity index is 1.98. The van der Waals surface area contributed by atoms with E-state index in [0.29, 0.717) is 6.10 Å². The van der Waals surface area contributed by atoms with Crippen molar-refractivity contribution in [3.63, 3.8) is 0 Å². The van der Waals surface area contributed by atoms with E-state index in [-0.39, 0.29) is 0 Å². The quantitative estimate of drug-likeness (QED) is 0.550. The summed E-state index contributed by atoms with van der Waals surface area (Å²) in [6.07, 6.45) is 4.37. The Kier molecular flexibility index (Phi) is 5.68. The lowest BCUT2D eigenvalue weighted by atomic mass is 10.3. The van der Waals surface area contributed by atoms with Crippen molar-refractivity contribution in [2.24, 2.45) is 0 Å². The normalized spacial score (nSPS) is 29.5. The van der Waals surface area contributed by atoms with Gasteiger partial charge in [0.2, 0.25) is 0 Å². The van der Waals surface area contributed by atoms with Gasteiger partial charge >= 0.3 is 0 Å².